The van der Waals surface area contributed by atoms with E-state index < -0.39 is 0 Å². The molecule has 3 aromatic rings. The molecular weight excluding hydrogens is 328 g/mol. The van der Waals surface area contributed by atoms with E-state index in [-0.39, 0.29) is 18.4 Å². The summed E-state index contributed by atoms with van der Waals surface area (Å²) in [6.07, 6.45) is 0. The molecule has 0 radical (unpaired) electrons. The van der Waals surface area contributed by atoms with Crippen LogP contribution in [0.4, 0.5) is 11.4 Å². The number of nitrogens with one attached hydrogen (secondary N) is 2. The minimum atomic E-state index is -0.246. The fourth-order valence-electron chi connectivity index (χ4n) is 2.67. The maximum absolute atomic E-state index is 12.1. The van der Waals surface area contributed by atoms with Crippen LogP contribution >= 0.6 is 0 Å². The number of benzene rings is 3. The summed E-state index contributed by atoms with van der Waals surface area (Å²) in [4.78, 5) is 23.2. The van der Waals surface area contributed by atoms with Gasteiger partial charge in [0.15, 0.2) is 6.61 Å². The Morgan fingerprint density at radius 3 is 2.42 bits per heavy atom. The van der Waals surface area contributed by atoms with Crippen LogP contribution in [0.3, 0.4) is 0 Å². The van der Waals surface area contributed by atoms with Crippen LogP contribution in [0.2, 0.25) is 0 Å². The van der Waals surface area contributed by atoms with E-state index >= 15 is 0 Å². The molecule has 132 valence electrons. The summed E-state index contributed by atoms with van der Waals surface area (Å²) in [7, 11) is 0. The Bertz CT molecular complexity index is 966. The number of anilines is 2. The molecule has 0 spiro atoms. The second kappa shape index (κ2) is 7.70. The summed E-state index contributed by atoms with van der Waals surface area (Å²) in [6, 6.07) is 19.0. The largest absolute Gasteiger partial charge is 0.484 e. The summed E-state index contributed by atoms with van der Waals surface area (Å²) in [6.45, 7) is 3.25. The molecule has 2 N–H and O–H groups in total. The van der Waals surface area contributed by atoms with Gasteiger partial charge in [0.2, 0.25) is 5.91 Å². The van der Waals surface area contributed by atoms with Gasteiger partial charge in [-0.25, -0.2) is 0 Å². The molecule has 0 saturated heterocycles. The van der Waals surface area contributed by atoms with Crippen LogP contribution in [0.15, 0.2) is 60.7 Å². The van der Waals surface area contributed by atoms with Crippen molar-refractivity contribution in [2.24, 2.45) is 0 Å². The van der Waals surface area contributed by atoms with Crippen molar-refractivity contribution in [3.05, 3.63) is 66.2 Å². The molecule has 0 unspecified atom stereocenters. The van der Waals surface area contributed by atoms with Crippen molar-refractivity contribution in [2.45, 2.75) is 13.8 Å². The third-order valence-corrected chi connectivity index (χ3v) is 3.91. The summed E-state index contributed by atoms with van der Waals surface area (Å²) < 4.78 is 5.59. The number of hydrogen-bond donors (Lipinski definition) is 2. The van der Waals surface area contributed by atoms with E-state index in [1.807, 2.05) is 49.4 Å². The van der Waals surface area contributed by atoms with Gasteiger partial charge < -0.3 is 15.4 Å². The van der Waals surface area contributed by atoms with Crippen molar-refractivity contribution in [1.29, 1.82) is 0 Å². The number of carbonyl (C=O) groups is 2. The first kappa shape index (κ1) is 17.5. The molecule has 0 aromatic heterocycles. The Balaban J connectivity index is 1.59. The summed E-state index contributed by atoms with van der Waals surface area (Å²) in [5, 5.41) is 7.72. The number of fused-ring (bicyclic) bond motifs is 1. The highest BCUT2D eigenvalue weighted by Crippen LogP contribution is 2.21. The van der Waals surface area contributed by atoms with Crippen molar-refractivity contribution in [1.82, 2.24) is 0 Å². The molecule has 0 fully saturated rings. The Labute approximate surface area is 152 Å². The van der Waals surface area contributed by atoms with E-state index in [1.54, 1.807) is 18.2 Å². The van der Waals surface area contributed by atoms with Gasteiger partial charge in [-0.15, -0.1) is 0 Å². The third kappa shape index (κ3) is 4.39. The molecular formula is C21H20N2O3. The van der Waals surface area contributed by atoms with Crippen molar-refractivity contribution in [3.63, 3.8) is 0 Å². The molecule has 5 heteroatoms. The SMILES string of the molecule is CC(=O)Nc1ccc(NC(=O)COc2ccc3ccccc3c2)cc1C. The molecule has 3 rings (SSSR count). The van der Waals surface area contributed by atoms with Crippen LogP contribution < -0.4 is 15.4 Å². The molecule has 0 aliphatic heterocycles. The first-order valence-corrected chi connectivity index (χ1v) is 8.31. The van der Waals surface area contributed by atoms with Crippen LogP contribution in [0.1, 0.15) is 12.5 Å². The van der Waals surface area contributed by atoms with E-state index in [9.17, 15) is 9.59 Å². The molecule has 5 nitrogen and oxygen atoms in total. The third-order valence-electron chi connectivity index (χ3n) is 3.91. The maximum atomic E-state index is 12.1. The maximum Gasteiger partial charge on any atom is 0.262 e. The average molecular weight is 348 g/mol. The van der Waals surface area contributed by atoms with Gasteiger partial charge in [0.1, 0.15) is 5.75 Å². The second-order valence-corrected chi connectivity index (χ2v) is 6.06. The number of hydrogen-bond acceptors (Lipinski definition) is 3. The molecule has 0 atom stereocenters. The van der Waals surface area contributed by atoms with E-state index in [1.165, 1.54) is 6.92 Å². The van der Waals surface area contributed by atoms with Crippen molar-refractivity contribution < 1.29 is 14.3 Å². The fourth-order valence-corrected chi connectivity index (χ4v) is 2.67. The van der Waals surface area contributed by atoms with E-state index in [2.05, 4.69) is 10.6 Å². The standard InChI is InChI=1S/C21H20N2O3/c1-14-11-18(8-10-20(14)22-15(2)24)23-21(25)13-26-19-9-7-16-5-3-4-6-17(16)12-19/h3-12H,13H2,1-2H3,(H,22,24)(H,23,25). The quantitative estimate of drug-likeness (QED) is 0.729. The highest BCUT2D eigenvalue weighted by Gasteiger charge is 2.07. The lowest BCUT2D eigenvalue weighted by Crippen LogP contribution is -2.20. The molecule has 0 aliphatic rings. The van der Waals surface area contributed by atoms with Crippen LogP contribution in [0.5, 0.6) is 5.75 Å². The zero-order chi connectivity index (χ0) is 18.5. The Morgan fingerprint density at radius 2 is 1.69 bits per heavy atom. The van der Waals surface area contributed by atoms with E-state index in [0.717, 1.165) is 22.0 Å². The van der Waals surface area contributed by atoms with Gasteiger partial charge >= 0.3 is 0 Å². The van der Waals surface area contributed by atoms with Crippen LogP contribution in [-0.4, -0.2) is 18.4 Å². The number of ether oxygens (including phenoxy) is 1. The Kier molecular flexibility index (Phi) is 5.17. The van der Waals surface area contributed by atoms with Crippen molar-refractivity contribution in [2.75, 3.05) is 17.2 Å². The fraction of sp³-hybridized carbons (Fsp3) is 0.143. The minimum Gasteiger partial charge on any atom is -0.484 e. The van der Waals surface area contributed by atoms with Gasteiger partial charge in [-0.3, -0.25) is 9.59 Å². The summed E-state index contributed by atoms with van der Waals surface area (Å²) >= 11 is 0. The Hall–Kier alpha value is -3.34. The van der Waals surface area contributed by atoms with Gasteiger partial charge in [0, 0.05) is 18.3 Å². The van der Waals surface area contributed by atoms with E-state index in [0.29, 0.717) is 11.4 Å². The second-order valence-electron chi connectivity index (χ2n) is 6.06. The van der Waals surface area contributed by atoms with Gasteiger partial charge in [-0.1, -0.05) is 30.3 Å². The highest BCUT2D eigenvalue weighted by molar-refractivity contribution is 5.93. The van der Waals surface area contributed by atoms with E-state index in [4.69, 9.17) is 4.74 Å². The average Bonchev–Trinajstić information content (AvgIpc) is 2.62. The molecule has 26 heavy (non-hydrogen) atoms. The van der Waals surface area contributed by atoms with Crippen LogP contribution in [-0.2, 0) is 9.59 Å². The molecule has 0 aliphatic carbocycles. The first-order valence-electron chi connectivity index (χ1n) is 8.31. The van der Waals surface area contributed by atoms with Crippen LogP contribution in [0, 0.1) is 6.92 Å². The monoisotopic (exact) mass is 348 g/mol. The van der Waals surface area contributed by atoms with Gasteiger partial charge in [0.05, 0.1) is 0 Å². The van der Waals surface area contributed by atoms with Gasteiger partial charge in [-0.2, -0.15) is 0 Å². The Morgan fingerprint density at radius 1 is 0.923 bits per heavy atom. The topological polar surface area (TPSA) is 67.4 Å². The molecule has 2 amide bonds. The number of aryl methyl sites for hydroxylation is 1. The molecule has 0 heterocycles. The van der Waals surface area contributed by atoms with Gasteiger partial charge in [-0.05, 0) is 53.6 Å². The number of carbonyl (C=O) groups excluding carboxylic acids is 2. The number of rotatable bonds is 5. The van der Waals surface area contributed by atoms with Crippen molar-refractivity contribution in [3.8, 4) is 5.75 Å². The number of amides is 2. The molecule has 0 saturated carbocycles. The highest BCUT2D eigenvalue weighted by atomic mass is 16.5. The normalized spacial score (nSPS) is 10.4. The summed E-state index contributed by atoms with van der Waals surface area (Å²) in [5.74, 6) is 0.273. The lowest BCUT2D eigenvalue weighted by Gasteiger charge is -2.11. The predicted octanol–water partition coefficient (Wildman–Crippen LogP) is 4.12. The van der Waals surface area contributed by atoms with Crippen molar-refractivity contribution >= 4 is 34.0 Å². The molecule has 3 aromatic carbocycles. The summed E-state index contributed by atoms with van der Waals surface area (Å²) in [5.41, 5.74) is 2.25. The zero-order valence-corrected chi connectivity index (χ0v) is 14.7. The first-order chi connectivity index (χ1) is 12.5. The minimum absolute atomic E-state index is 0.0785. The smallest absolute Gasteiger partial charge is 0.262 e. The van der Waals surface area contributed by atoms with Crippen LogP contribution in [0.25, 0.3) is 10.8 Å². The molecule has 0 bridgehead atoms. The lowest BCUT2D eigenvalue weighted by molar-refractivity contribution is -0.118. The van der Waals surface area contributed by atoms with Gasteiger partial charge in [0.25, 0.3) is 5.91 Å². The predicted molar refractivity (Wildman–Crippen MR) is 104 cm³/mol. The zero-order valence-electron chi connectivity index (χ0n) is 14.7. The lowest BCUT2D eigenvalue weighted by atomic mass is 10.1.